The van der Waals surface area contributed by atoms with E-state index in [1.807, 2.05) is 42.5 Å². The molecule has 0 saturated heterocycles. The van der Waals surface area contributed by atoms with E-state index in [2.05, 4.69) is 53.1 Å². The van der Waals surface area contributed by atoms with Gasteiger partial charge in [0.1, 0.15) is 6.00 Å². The van der Waals surface area contributed by atoms with Gasteiger partial charge in [-0.2, -0.15) is 0 Å². The molecule has 3 heteroatoms. The summed E-state index contributed by atoms with van der Waals surface area (Å²) in [6, 6.07) is 26.6. The largest absolute Gasteiger partial charge is 0.268 e. The Kier molecular flexibility index (Phi) is 5.19. The zero-order valence-corrected chi connectivity index (χ0v) is 13.9. The van der Waals surface area contributed by atoms with E-state index in [1.54, 1.807) is 0 Å². The first-order valence-corrected chi connectivity index (χ1v) is 8.19. The van der Waals surface area contributed by atoms with Crippen LogP contribution < -0.4 is 0 Å². The molecule has 2 nitrogen and oxygen atoms in total. The highest BCUT2D eigenvalue weighted by Gasteiger charge is 2.11. The fourth-order valence-corrected chi connectivity index (χ4v) is 2.77. The molecule has 0 N–H and O–H groups in total. The third kappa shape index (κ3) is 3.44. The van der Waals surface area contributed by atoms with Crippen LogP contribution in [0.2, 0.25) is 0 Å². The molecule has 118 valence electrons. The highest BCUT2D eigenvalue weighted by atomic mass is 35.5. The van der Waals surface area contributed by atoms with Crippen molar-refractivity contribution in [1.29, 1.82) is 0 Å². The van der Waals surface area contributed by atoms with Gasteiger partial charge in [0.05, 0.1) is 11.4 Å². The number of hydrogen-bond acceptors (Lipinski definition) is 2. The minimum absolute atomic E-state index is 0.196. The molecule has 0 bridgehead atoms. The van der Waals surface area contributed by atoms with Crippen LogP contribution in [0.5, 0.6) is 0 Å². The van der Waals surface area contributed by atoms with Crippen LogP contribution in [0.15, 0.2) is 88.8 Å². The van der Waals surface area contributed by atoms with Gasteiger partial charge in [-0.25, -0.2) is 0 Å². The lowest BCUT2D eigenvalue weighted by atomic mass is 9.98. The summed E-state index contributed by atoms with van der Waals surface area (Å²) in [7, 11) is 0. The Morgan fingerprint density at radius 2 is 1.42 bits per heavy atom. The molecular formula is C21H17ClN2. The molecule has 0 heterocycles. The van der Waals surface area contributed by atoms with Gasteiger partial charge in [-0.05, 0) is 23.9 Å². The van der Waals surface area contributed by atoms with Gasteiger partial charge in [0, 0.05) is 11.1 Å². The highest BCUT2D eigenvalue weighted by Crippen LogP contribution is 2.25. The number of aliphatic imine (C=N–C) groups is 2. The fourth-order valence-electron chi connectivity index (χ4n) is 2.65. The van der Waals surface area contributed by atoms with Gasteiger partial charge >= 0.3 is 0 Å². The van der Waals surface area contributed by atoms with Crippen molar-refractivity contribution < 1.29 is 0 Å². The molecule has 0 aromatic heterocycles. The quantitative estimate of drug-likeness (QED) is 0.324. The van der Waals surface area contributed by atoms with E-state index in [0.29, 0.717) is 0 Å². The van der Waals surface area contributed by atoms with Gasteiger partial charge < -0.3 is 0 Å². The summed E-state index contributed by atoms with van der Waals surface area (Å²) in [5, 5.41) is 0. The minimum Gasteiger partial charge on any atom is -0.268 e. The normalized spacial score (nSPS) is 11.3. The Morgan fingerprint density at radius 3 is 2.08 bits per heavy atom. The van der Waals surface area contributed by atoms with Crippen molar-refractivity contribution in [1.82, 2.24) is 0 Å². The predicted octanol–water partition coefficient (Wildman–Crippen LogP) is 5.72. The van der Waals surface area contributed by atoms with Crippen molar-refractivity contribution >= 4 is 29.7 Å². The van der Waals surface area contributed by atoms with Gasteiger partial charge in [-0.3, -0.25) is 9.98 Å². The van der Waals surface area contributed by atoms with Crippen molar-refractivity contribution in [3.63, 3.8) is 0 Å². The van der Waals surface area contributed by atoms with E-state index in [0.717, 1.165) is 22.5 Å². The number of para-hydroxylation sites is 1. The van der Waals surface area contributed by atoms with E-state index < -0.39 is 0 Å². The average Bonchev–Trinajstić information content (AvgIpc) is 2.67. The summed E-state index contributed by atoms with van der Waals surface area (Å²) >= 11 is 5.89. The number of rotatable bonds is 5. The van der Waals surface area contributed by atoms with Crippen LogP contribution in [0.1, 0.15) is 11.1 Å². The second-order valence-corrected chi connectivity index (χ2v) is 5.48. The van der Waals surface area contributed by atoms with Crippen LogP contribution in [-0.2, 0) is 0 Å². The highest BCUT2D eigenvalue weighted by molar-refractivity contribution is 6.21. The molecule has 3 aromatic rings. The fraction of sp³-hybridized carbons (Fsp3) is 0.0476. The number of alkyl halides is 1. The SMILES string of the molecule is C=Nc1ccccc1/C(=N\CCl)c1ccc(-c2ccccc2)cc1. The second kappa shape index (κ2) is 7.71. The van der Waals surface area contributed by atoms with Gasteiger partial charge in [-0.15, -0.1) is 11.6 Å². The number of benzene rings is 3. The van der Waals surface area contributed by atoms with Gasteiger partial charge in [0.15, 0.2) is 0 Å². The molecule has 24 heavy (non-hydrogen) atoms. The Morgan fingerprint density at radius 1 is 0.792 bits per heavy atom. The molecule has 0 atom stereocenters. The molecule has 0 amide bonds. The lowest BCUT2D eigenvalue weighted by Gasteiger charge is -2.10. The summed E-state index contributed by atoms with van der Waals surface area (Å²) in [6.45, 7) is 3.64. The standard InChI is InChI=1S/C21H17ClN2/c1-23-20-10-6-5-9-19(20)21(24-15-22)18-13-11-17(12-14-18)16-7-3-2-4-8-16/h2-14H,1,15H2/b24-21-. The minimum atomic E-state index is 0.196. The Hall–Kier alpha value is -2.71. The van der Waals surface area contributed by atoms with Gasteiger partial charge in [-0.1, -0.05) is 72.8 Å². The van der Waals surface area contributed by atoms with E-state index >= 15 is 0 Å². The molecule has 0 radical (unpaired) electrons. The summed E-state index contributed by atoms with van der Waals surface area (Å²) < 4.78 is 0. The first kappa shape index (κ1) is 16.2. The van der Waals surface area contributed by atoms with E-state index in [4.69, 9.17) is 11.6 Å². The summed E-state index contributed by atoms with van der Waals surface area (Å²) in [5.74, 6) is 0. The first-order chi connectivity index (χ1) is 11.8. The van der Waals surface area contributed by atoms with E-state index in [1.165, 1.54) is 11.1 Å². The smallest absolute Gasteiger partial charge is 0.114 e. The molecule has 0 aliphatic heterocycles. The van der Waals surface area contributed by atoms with Gasteiger partial charge in [0.2, 0.25) is 0 Å². The van der Waals surface area contributed by atoms with Crippen molar-refractivity contribution in [2.24, 2.45) is 9.98 Å². The van der Waals surface area contributed by atoms with Crippen LogP contribution >= 0.6 is 11.6 Å². The van der Waals surface area contributed by atoms with Crippen LogP contribution in [0, 0.1) is 0 Å². The third-order valence-corrected chi connectivity index (χ3v) is 3.93. The maximum absolute atomic E-state index is 5.89. The second-order valence-electron chi connectivity index (χ2n) is 5.24. The van der Waals surface area contributed by atoms with Crippen LogP contribution in [0.3, 0.4) is 0 Å². The Labute approximate surface area is 147 Å². The predicted molar refractivity (Wildman–Crippen MR) is 104 cm³/mol. The zero-order chi connectivity index (χ0) is 16.8. The topological polar surface area (TPSA) is 24.7 Å². The molecule has 0 unspecified atom stereocenters. The molecule has 3 rings (SSSR count). The zero-order valence-electron chi connectivity index (χ0n) is 13.2. The summed E-state index contributed by atoms with van der Waals surface area (Å²) in [4.78, 5) is 8.56. The molecule has 3 aromatic carbocycles. The molecule has 0 aliphatic carbocycles. The van der Waals surface area contributed by atoms with Crippen molar-refractivity contribution in [3.8, 4) is 11.1 Å². The van der Waals surface area contributed by atoms with Crippen molar-refractivity contribution in [3.05, 3.63) is 90.0 Å². The maximum atomic E-state index is 5.89. The lowest BCUT2D eigenvalue weighted by Crippen LogP contribution is -2.04. The third-order valence-electron chi connectivity index (χ3n) is 3.81. The van der Waals surface area contributed by atoms with Crippen LogP contribution in [-0.4, -0.2) is 18.4 Å². The summed E-state index contributed by atoms with van der Waals surface area (Å²) in [6.07, 6.45) is 0. The van der Waals surface area contributed by atoms with Crippen molar-refractivity contribution in [2.75, 3.05) is 6.00 Å². The van der Waals surface area contributed by atoms with Gasteiger partial charge in [0.25, 0.3) is 0 Å². The Bertz CT molecular complexity index is 853. The number of hydrogen-bond donors (Lipinski definition) is 0. The molecule has 0 saturated carbocycles. The number of nitrogens with zero attached hydrogens (tertiary/aromatic N) is 2. The van der Waals surface area contributed by atoms with Crippen LogP contribution in [0.4, 0.5) is 5.69 Å². The monoisotopic (exact) mass is 332 g/mol. The molecular weight excluding hydrogens is 316 g/mol. The molecule has 0 fully saturated rings. The first-order valence-electron chi connectivity index (χ1n) is 7.66. The lowest BCUT2D eigenvalue weighted by molar-refractivity contribution is 1.34. The maximum Gasteiger partial charge on any atom is 0.114 e. The van der Waals surface area contributed by atoms with Crippen LogP contribution in [0.25, 0.3) is 11.1 Å². The van der Waals surface area contributed by atoms with Crippen molar-refractivity contribution in [2.45, 2.75) is 0 Å². The summed E-state index contributed by atoms with van der Waals surface area (Å²) in [5.41, 5.74) is 5.92. The molecule has 0 aliphatic rings. The van der Waals surface area contributed by atoms with E-state index in [-0.39, 0.29) is 6.00 Å². The number of halogens is 1. The Balaban J connectivity index is 2.01. The van der Waals surface area contributed by atoms with E-state index in [9.17, 15) is 0 Å². The average molecular weight is 333 g/mol. The molecule has 0 spiro atoms.